The summed E-state index contributed by atoms with van der Waals surface area (Å²) in [6.45, 7) is 9.58. The second-order valence-corrected chi connectivity index (χ2v) is 5.03. The number of benzene rings is 1. The summed E-state index contributed by atoms with van der Waals surface area (Å²) in [5.41, 5.74) is 3.95. The van der Waals surface area contributed by atoms with E-state index in [1.807, 2.05) is 39.0 Å². The van der Waals surface area contributed by atoms with Crippen LogP contribution in [0.5, 0.6) is 5.75 Å². The molecular weight excluding hydrogens is 214 g/mol. The van der Waals surface area contributed by atoms with Crippen LogP contribution in [0.1, 0.15) is 39.7 Å². The zero-order valence-corrected chi connectivity index (χ0v) is 11.2. The monoisotopic (exact) mass is 237 g/mol. The van der Waals surface area contributed by atoms with Gasteiger partial charge in [0, 0.05) is 6.54 Å². The molecule has 1 aromatic carbocycles. The Kier molecular flexibility index (Phi) is 5.45. The van der Waals surface area contributed by atoms with E-state index in [-0.39, 0.29) is 5.60 Å². The molecule has 0 atom stereocenters. The molecule has 0 saturated heterocycles. The van der Waals surface area contributed by atoms with Gasteiger partial charge in [0.1, 0.15) is 5.75 Å². The van der Waals surface area contributed by atoms with Crippen LogP contribution < -0.4 is 10.2 Å². The van der Waals surface area contributed by atoms with Crippen molar-refractivity contribution < 1.29 is 9.57 Å². The second-order valence-electron chi connectivity index (χ2n) is 5.03. The summed E-state index contributed by atoms with van der Waals surface area (Å²) in [5, 5.41) is 0. The highest BCUT2D eigenvalue weighted by molar-refractivity contribution is 5.28. The summed E-state index contributed by atoms with van der Waals surface area (Å²) in [5.74, 6) is 0.918. The smallest absolute Gasteiger partial charge is 0.119 e. The van der Waals surface area contributed by atoms with Gasteiger partial charge in [-0.2, -0.15) is 5.48 Å². The van der Waals surface area contributed by atoms with Crippen LogP contribution in [0.2, 0.25) is 0 Å². The van der Waals surface area contributed by atoms with Gasteiger partial charge in [0.25, 0.3) is 0 Å². The van der Waals surface area contributed by atoms with Gasteiger partial charge in [0.05, 0.1) is 12.2 Å². The molecular formula is C14H23NO2. The third kappa shape index (κ3) is 6.29. The molecule has 0 fully saturated rings. The van der Waals surface area contributed by atoms with Crippen LogP contribution in [0.4, 0.5) is 0 Å². The summed E-state index contributed by atoms with van der Waals surface area (Å²) in [4.78, 5) is 5.46. The molecule has 0 heterocycles. The van der Waals surface area contributed by atoms with Crippen molar-refractivity contribution in [1.82, 2.24) is 5.48 Å². The van der Waals surface area contributed by atoms with Crippen LogP contribution in [-0.2, 0) is 11.4 Å². The van der Waals surface area contributed by atoms with Crippen molar-refractivity contribution in [2.75, 3.05) is 6.61 Å². The number of hydroxylamine groups is 1. The fraction of sp³-hybridized carbons (Fsp3) is 0.571. The van der Waals surface area contributed by atoms with Crippen molar-refractivity contribution in [1.29, 1.82) is 0 Å². The molecule has 0 bridgehead atoms. The Bertz CT molecular complexity index is 331. The topological polar surface area (TPSA) is 30.5 Å². The Labute approximate surface area is 104 Å². The number of hydrogen-bond donors (Lipinski definition) is 1. The van der Waals surface area contributed by atoms with Gasteiger partial charge in [-0.15, -0.1) is 0 Å². The second kappa shape index (κ2) is 6.62. The highest BCUT2D eigenvalue weighted by Crippen LogP contribution is 2.14. The maximum Gasteiger partial charge on any atom is 0.119 e. The molecule has 0 unspecified atom stereocenters. The molecule has 0 amide bonds. The summed E-state index contributed by atoms with van der Waals surface area (Å²) >= 11 is 0. The summed E-state index contributed by atoms with van der Waals surface area (Å²) in [6, 6.07) is 8.06. The SMILES string of the molecule is CCCOc1cccc(CNOC(C)(C)C)c1. The van der Waals surface area contributed by atoms with Gasteiger partial charge in [-0.25, -0.2) is 0 Å². The standard InChI is InChI=1S/C14H23NO2/c1-5-9-16-13-8-6-7-12(10-13)11-15-17-14(2,3)4/h6-8,10,15H,5,9,11H2,1-4H3. The quantitative estimate of drug-likeness (QED) is 0.770. The predicted octanol–water partition coefficient (Wildman–Crippen LogP) is 3.30. The first-order chi connectivity index (χ1) is 8.01. The number of rotatable bonds is 6. The molecule has 96 valence electrons. The van der Waals surface area contributed by atoms with E-state index in [4.69, 9.17) is 9.57 Å². The molecule has 0 aliphatic rings. The van der Waals surface area contributed by atoms with E-state index in [2.05, 4.69) is 18.5 Å². The third-order valence-electron chi connectivity index (χ3n) is 2.03. The Morgan fingerprint density at radius 3 is 2.65 bits per heavy atom. The summed E-state index contributed by atoms with van der Waals surface area (Å²) in [7, 11) is 0. The first kappa shape index (κ1) is 14.0. The largest absolute Gasteiger partial charge is 0.494 e. The number of ether oxygens (including phenoxy) is 1. The lowest BCUT2D eigenvalue weighted by Crippen LogP contribution is -2.28. The van der Waals surface area contributed by atoms with Crippen LogP contribution in [-0.4, -0.2) is 12.2 Å². The molecule has 0 aliphatic carbocycles. The Hall–Kier alpha value is -1.06. The minimum Gasteiger partial charge on any atom is -0.494 e. The molecule has 3 nitrogen and oxygen atoms in total. The molecule has 0 saturated carbocycles. The normalized spacial score (nSPS) is 11.5. The van der Waals surface area contributed by atoms with E-state index in [1.165, 1.54) is 0 Å². The average molecular weight is 237 g/mol. The molecule has 1 N–H and O–H groups in total. The highest BCUT2D eigenvalue weighted by atomic mass is 16.7. The Morgan fingerprint density at radius 2 is 2.00 bits per heavy atom. The third-order valence-corrected chi connectivity index (χ3v) is 2.03. The minimum atomic E-state index is -0.170. The number of hydrogen-bond acceptors (Lipinski definition) is 3. The van der Waals surface area contributed by atoms with Crippen molar-refractivity contribution in [3.05, 3.63) is 29.8 Å². The van der Waals surface area contributed by atoms with E-state index in [0.29, 0.717) is 6.54 Å². The maximum absolute atomic E-state index is 5.57. The van der Waals surface area contributed by atoms with Crippen LogP contribution in [0.3, 0.4) is 0 Å². The molecule has 3 heteroatoms. The summed E-state index contributed by atoms with van der Waals surface area (Å²) in [6.07, 6.45) is 1.02. The van der Waals surface area contributed by atoms with Gasteiger partial charge in [-0.1, -0.05) is 19.1 Å². The molecule has 1 rings (SSSR count). The van der Waals surface area contributed by atoms with Gasteiger partial charge in [-0.3, -0.25) is 4.84 Å². The van der Waals surface area contributed by atoms with Crippen LogP contribution in [0, 0.1) is 0 Å². The Morgan fingerprint density at radius 1 is 1.24 bits per heavy atom. The zero-order chi connectivity index (χ0) is 12.7. The maximum atomic E-state index is 5.57. The predicted molar refractivity (Wildman–Crippen MR) is 69.9 cm³/mol. The van der Waals surface area contributed by atoms with Gasteiger partial charge < -0.3 is 4.74 Å². The lowest BCUT2D eigenvalue weighted by molar-refractivity contribution is -0.0757. The molecule has 0 radical (unpaired) electrons. The summed E-state index contributed by atoms with van der Waals surface area (Å²) < 4.78 is 5.57. The van der Waals surface area contributed by atoms with Crippen molar-refractivity contribution in [3.63, 3.8) is 0 Å². The molecule has 0 aromatic heterocycles. The fourth-order valence-corrected chi connectivity index (χ4v) is 1.30. The van der Waals surface area contributed by atoms with E-state index in [0.717, 1.165) is 24.3 Å². The van der Waals surface area contributed by atoms with Crippen molar-refractivity contribution in [3.8, 4) is 5.75 Å². The van der Waals surface area contributed by atoms with Crippen molar-refractivity contribution in [2.24, 2.45) is 0 Å². The van der Waals surface area contributed by atoms with E-state index >= 15 is 0 Å². The lowest BCUT2D eigenvalue weighted by atomic mass is 10.2. The van der Waals surface area contributed by atoms with Crippen LogP contribution in [0.15, 0.2) is 24.3 Å². The molecule has 1 aromatic rings. The first-order valence-corrected chi connectivity index (χ1v) is 6.14. The fourth-order valence-electron chi connectivity index (χ4n) is 1.30. The molecule has 0 spiro atoms. The Balaban J connectivity index is 2.43. The average Bonchev–Trinajstić information content (AvgIpc) is 2.25. The molecule has 17 heavy (non-hydrogen) atoms. The van der Waals surface area contributed by atoms with Gasteiger partial charge in [0.15, 0.2) is 0 Å². The van der Waals surface area contributed by atoms with Crippen molar-refractivity contribution >= 4 is 0 Å². The van der Waals surface area contributed by atoms with E-state index < -0.39 is 0 Å². The van der Waals surface area contributed by atoms with E-state index in [9.17, 15) is 0 Å². The highest BCUT2D eigenvalue weighted by Gasteiger charge is 2.09. The van der Waals surface area contributed by atoms with Crippen molar-refractivity contribution in [2.45, 2.75) is 46.3 Å². The lowest BCUT2D eigenvalue weighted by Gasteiger charge is -2.19. The van der Waals surface area contributed by atoms with Gasteiger partial charge in [0.2, 0.25) is 0 Å². The van der Waals surface area contributed by atoms with Crippen LogP contribution in [0.25, 0.3) is 0 Å². The van der Waals surface area contributed by atoms with E-state index in [1.54, 1.807) is 0 Å². The van der Waals surface area contributed by atoms with Gasteiger partial charge >= 0.3 is 0 Å². The van der Waals surface area contributed by atoms with Gasteiger partial charge in [-0.05, 0) is 44.9 Å². The first-order valence-electron chi connectivity index (χ1n) is 6.14. The zero-order valence-electron chi connectivity index (χ0n) is 11.2. The number of nitrogens with one attached hydrogen (secondary N) is 1. The van der Waals surface area contributed by atoms with Crippen LogP contribution >= 0.6 is 0 Å². The molecule has 0 aliphatic heterocycles. The minimum absolute atomic E-state index is 0.170.